The van der Waals surface area contributed by atoms with Gasteiger partial charge in [-0.2, -0.15) is 0 Å². The number of hydrogen-bond donors (Lipinski definition) is 0. The van der Waals surface area contributed by atoms with Crippen LogP contribution in [0.15, 0.2) is 50.1 Å². The Morgan fingerprint density at radius 2 is 1.77 bits per heavy atom. The van der Waals surface area contributed by atoms with Gasteiger partial charge in [0.2, 0.25) is 5.76 Å². The molecule has 9 heteroatoms. The number of benzene rings is 2. The molecule has 0 bridgehead atoms. The normalized spacial score (nSPS) is 18.2. The number of rotatable bonds is 7. The molecule has 0 spiro atoms. The lowest BCUT2D eigenvalue weighted by Gasteiger charge is -2.29. The Labute approximate surface area is 211 Å². The number of halogens is 1. The van der Waals surface area contributed by atoms with Crippen molar-refractivity contribution in [1.29, 1.82) is 0 Å². The van der Waals surface area contributed by atoms with Crippen LogP contribution in [0.25, 0.3) is 11.0 Å². The third-order valence-corrected chi connectivity index (χ3v) is 7.12. The van der Waals surface area contributed by atoms with Crippen molar-refractivity contribution in [1.82, 2.24) is 9.80 Å². The summed E-state index contributed by atoms with van der Waals surface area (Å²) in [6.45, 7) is 4.55. The van der Waals surface area contributed by atoms with E-state index in [-0.39, 0.29) is 17.1 Å². The predicted molar refractivity (Wildman–Crippen MR) is 134 cm³/mol. The summed E-state index contributed by atoms with van der Waals surface area (Å²) in [6.07, 6.45) is 0.767. The van der Waals surface area contributed by atoms with E-state index in [1.54, 1.807) is 43.4 Å². The summed E-state index contributed by atoms with van der Waals surface area (Å²) in [5.41, 5.74) is 1.32. The highest BCUT2D eigenvalue weighted by Gasteiger charge is 2.42. The maximum absolute atomic E-state index is 13.7. The maximum atomic E-state index is 13.7. The van der Waals surface area contributed by atoms with E-state index in [2.05, 4.69) is 20.8 Å². The Morgan fingerprint density at radius 3 is 2.51 bits per heavy atom. The van der Waals surface area contributed by atoms with E-state index in [9.17, 15) is 9.59 Å². The van der Waals surface area contributed by atoms with Crippen LogP contribution in [-0.2, 0) is 4.74 Å². The monoisotopic (exact) mass is 542 g/mol. The molecule has 184 valence electrons. The van der Waals surface area contributed by atoms with Crippen molar-refractivity contribution in [3.63, 3.8) is 0 Å². The molecular formula is C26H27BrN2O6. The highest BCUT2D eigenvalue weighted by Crippen LogP contribution is 2.41. The van der Waals surface area contributed by atoms with Gasteiger partial charge in [-0.25, -0.2) is 0 Å². The molecule has 5 rings (SSSR count). The van der Waals surface area contributed by atoms with Gasteiger partial charge in [0.05, 0.1) is 44.4 Å². The lowest BCUT2D eigenvalue weighted by molar-refractivity contribution is 0.0353. The first-order valence-electron chi connectivity index (χ1n) is 11.6. The van der Waals surface area contributed by atoms with Crippen LogP contribution in [0.1, 0.15) is 34.1 Å². The van der Waals surface area contributed by atoms with Gasteiger partial charge in [-0.1, -0.05) is 22.0 Å². The fraction of sp³-hybridized carbons (Fsp3) is 0.385. The summed E-state index contributed by atoms with van der Waals surface area (Å²) in [6, 6.07) is 10.1. The second-order valence-corrected chi connectivity index (χ2v) is 9.55. The minimum absolute atomic E-state index is 0.107. The molecule has 0 radical (unpaired) electrons. The summed E-state index contributed by atoms with van der Waals surface area (Å²) in [7, 11) is 3.14. The highest BCUT2D eigenvalue weighted by molar-refractivity contribution is 9.10. The molecule has 8 nitrogen and oxygen atoms in total. The number of fused-ring (bicyclic) bond motifs is 2. The van der Waals surface area contributed by atoms with Crippen LogP contribution in [-0.4, -0.2) is 69.3 Å². The van der Waals surface area contributed by atoms with E-state index in [4.69, 9.17) is 18.6 Å². The zero-order valence-electron chi connectivity index (χ0n) is 19.7. The first-order valence-corrected chi connectivity index (χ1v) is 12.4. The van der Waals surface area contributed by atoms with Gasteiger partial charge in [-0.3, -0.25) is 14.5 Å². The first-order chi connectivity index (χ1) is 17.0. The zero-order chi connectivity index (χ0) is 24.5. The summed E-state index contributed by atoms with van der Waals surface area (Å²) in [4.78, 5) is 31.4. The molecule has 3 heterocycles. The Bertz CT molecular complexity index is 1320. The van der Waals surface area contributed by atoms with Crippen LogP contribution in [0.4, 0.5) is 0 Å². The summed E-state index contributed by atoms with van der Waals surface area (Å²) < 4.78 is 23.1. The number of morpholine rings is 1. The predicted octanol–water partition coefficient (Wildman–Crippen LogP) is 3.84. The fourth-order valence-corrected chi connectivity index (χ4v) is 5.24. The van der Waals surface area contributed by atoms with Crippen molar-refractivity contribution in [2.24, 2.45) is 0 Å². The molecule has 3 aromatic rings. The second kappa shape index (κ2) is 10.0. The van der Waals surface area contributed by atoms with Gasteiger partial charge in [0.25, 0.3) is 5.91 Å². The van der Waals surface area contributed by atoms with Crippen LogP contribution in [0.2, 0.25) is 0 Å². The molecule has 1 amide bonds. The lowest BCUT2D eigenvalue weighted by atomic mass is 9.98. The SMILES string of the molecule is COc1ccc(C2c3c(oc4ccc(Br)cc4c3=O)C(=O)N2CCCN2CCOCC2)cc1OC. The molecule has 1 unspecified atom stereocenters. The average Bonchev–Trinajstić information content (AvgIpc) is 3.16. The number of ether oxygens (including phenoxy) is 3. The molecule has 1 fully saturated rings. The minimum atomic E-state index is -0.582. The number of nitrogens with zero attached hydrogens (tertiary/aromatic N) is 2. The van der Waals surface area contributed by atoms with Crippen molar-refractivity contribution >= 4 is 32.8 Å². The zero-order valence-corrected chi connectivity index (χ0v) is 21.3. The van der Waals surface area contributed by atoms with Crippen molar-refractivity contribution in [2.75, 3.05) is 53.6 Å². The topological polar surface area (TPSA) is 81.5 Å². The van der Waals surface area contributed by atoms with Gasteiger partial charge < -0.3 is 23.5 Å². The molecule has 1 saturated heterocycles. The third kappa shape index (κ3) is 4.44. The molecule has 35 heavy (non-hydrogen) atoms. The lowest BCUT2D eigenvalue weighted by Crippen LogP contribution is -2.38. The molecule has 2 aromatic carbocycles. The van der Waals surface area contributed by atoms with Crippen LogP contribution in [0, 0.1) is 0 Å². The molecule has 1 atom stereocenters. The van der Waals surface area contributed by atoms with Gasteiger partial charge in [0.15, 0.2) is 16.9 Å². The van der Waals surface area contributed by atoms with E-state index < -0.39 is 6.04 Å². The molecule has 0 saturated carbocycles. The van der Waals surface area contributed by atoms with Crippen LogP contribution in [0.3, 0.4) is 0 Å². The van der Waals surface area contributed by atoms with Gasteiger partial charge in [0.1, 0.15) is 5.58 Å². The summed E-state index contributed by atoms with van der Waals surface area (Å²) >= 11 is 3.44. The number of amides is 1. The Balaban J connectivity index is 1.57. The van der Waals surface area contributed by atoms with E-state index in [1.165, 1.54) is 0 Å². The summed E-state index contributed by atoms with van der Waals surface area (Å²) in [5, 5.41) is 0.437. The molecule has 2 aliphatic rings. The molecule has 0 aliphatic carbocycles. The largest absolute Gasteiger partial charge is 0.493 e. The Kier molecular flexibility index (Phi) is 6.82. The van der Waals surface area contributed by atoms with Gasteiger partial charge in [-0.05, 0) is 42.3 Å². The second-order valence-electron chi connectivity index (χ2n) is 8.64. The van der Waals surface area contributed by atoms with Crippen molar-refractivity contribution < 1.29 is 23.4 Å². The smallest absolute Gasteiger partial charge is 0.290 e. The van der Waals surface area contributed by atoms with E-state index in [1.807, 2.05) is 12.1 Å². The molecular weight excluding hydrogens is 516 g/mol. The van der Waals surface area contributed by atoms with Crippen LogP contribution >= 0.6 is 15.9 Å². The van der Waals surface area contributed by atoms with Gasteiger partial charge in [-0.15, -0.1) is 0 Å². The molecule has 0 N–H and O–H groups in total. The maximum Gasteiger partial charge on any atom is 0.290 e. The third-order valence-electron chi connectivity index (χ3n) is 6.63. The average molecular weight is 543 g/mol. The number of hydrogen-bond acceptors (Lipinski definition) is 7. The van der Waals surface area contributed by atoms with Gasteiger partial charge >= 0.3 is 0 Å². The van der Waals surface area contributed by atoms with Crippen molar-refractivity contribution in [2.45, 2.75) is 12.5 Å². The van der Waals surface area contributed by atoms with E-state index in [0.717, 1.165) is 49.3 Å². The minimum Gasteiger partial charge on any atom is -0.493 e. The Hall–Kier alpha value is -2.88. The standard InChI is InChI=1S/C26H27BrN2O6/c1-32-20-6-4-16(14-21(20)33-2)23-22-24(30)18-15-17(27)5-7-19(18)35-25(22)26(31)29(23)9-3-8-28-10-12-34-13-11-28/h4-7,14-15,23H,3,8-13H2,1-2H3. The van der Waals surface area contributed by atoms with Crippen LogP contribution < -0.4 is 14.9 Å². The number of carbonyl (C=O) groups is 1. The van der Waals surface area contributed by atoms with Crippen molar-refractivity contribution in [3.05, 3.63) is 68.0 Å². The number of carbonyl (C=O) groups excluding carboxylic acids is 1. The number of methoxy groups -OCH3 is 2. The molecule has 1 aromatic heterocycles. The summed E-state index contributed by atoms with van der Waals surface area (Å²) in [5.74, 6) is 0.945. The van der Waals surface area contributed by atoms with E-state index >= 15 is 0 Å². The Morgan fingerprint density at radius 1 is 1.00 bits per heavy atom. The molecule has 2 aliphatic heterocycles. The van der Waals surface area contributed by atoms with Crippen molar-refractivity contribution in [3.8, 4) is 11.5 Å². The van der Waals surface area contributed by atoms with Crippen LogP contribution in [0.5, 0.6) is 11.5 Å². The fourth-order valence-electron chi connectivity index (χ4n) is 4.88. The first kappa shape index (κ1) is 23.8. The van der Waals surface area contributed by atoms with E-state index in [0.29, 0.717) is 34.6 Å². The quantitative estimate of drug-likeness (QED) is 0.448. The highest BCUT2D eigenvalue weighted by atomic mass is 79.9. The van der Waals surface area contributed by atoms with Gasteiger partial charge in [0, 0.05) is 30.7 Å².